The molecule has 1 aliphatic carbocycles. The molecule has 1 fully saturated rings. The van der Waals surface area contributed by atoms with Crippen LogP contribution in [0.3, 0.4) is 0 Å². The largest absolute Gasteiger partial charge is 0.495 e. The topological polar surface area (TPSA) is 68.3 Å². The van der Waals surface area contributed by atoms with Gasteiger partial charge in [-0.15, -0.1) is 0 Å². The molecule has 0 unspecified atom stereocenters. The Balaban J connectivity index is 1.95. The van der Waals surface area contributed by atoms with Crippen LogP contribution in [-0.2, 0) is 11.3 Å². The highest BCUT2D eigenvalue weighted by Crippen LogP contribution is 2.24. The van der Waals surface area contributed by atoms with Crippen LogP contribution in [0.25, 0.3) is 0 Å². The van der Waals surface area contributed by atoms with E-state index in [1.165, 1.54) is 0 Å². The van der Waals surface area contributed by atoms with Crippen molar-refractivity contribution in [1.29, 1.82) is 5.26 Å². The van der Waals surface area contributed by atoms with Crippen LogP contribution in [-0.4, -0.2) is 19.3 Å². The summed E-state index contributed by atoms with van der Waals surface area (Å²) in [5, 5.41) is 8.86. The lowest BCUT2D eigenvalue weighted by Gasteiger charge is -2.32. The molecular weight excluding hydrogens is 216 g/mol. The second-order valence-electron chi connectivity index (χ2n) is 4.31. The van der Waals surface area contributed by atoms with Gasteiger partial charge in [-0.05, 0) is 30.5 Å². The van der Waals surface area contributed by atoms with Crippen LogP contribution < -0.4 is 10.5 Å². The minimum atomic E-state index is 0.284. The first-order chi connectivity index (χ1) is 8.22. The summed E-state index contributed by atoms with van der Waals surface area (Å²) in [4.78, 5) is 0. The van der Waals surface area contributed by atoms with Crippen LogP contribution in [0.15, 0.2) is 18.2 Å². The molecule has 0 atom stereocenters. The fraction of sp³-hybridized carbons (Fsp3) is 0.462. The Hall–Kier alpha value is -1.57. The number of methoxy groups -OCH3 is 1. The van der Waals surface area contributed by atoms with Gasteiger partial charge in [0.05, 0.1) is 25.4 Å². The minimum absolute atomic E-state index is 0.284. The number of benzene rings is 1. The van der Waals surface area contributed by atoms with Gasteiger partial charge < -0.3 is 15.2 Å². The van der Waals surface area contributed by atoms with E-state index in [2.05, 4.69) is 6.07 Å². The quantitative estimate of drug-likeness (QED) is 0.855. The predicted octanol–water partition coefficient (Wildman–Crippen LogP) is 1.57. The number of nitrogens with zero attached hydrogens (tertiary/aromatic N) is 1. The smallest absolute Gasteiger partial charge is 0.136 e. The van der Waals surface area contributed by atoms with Gasteiger partial charge in [0.25, 0.3) is 0 Å². The summed E-state index contributed by atoms with van der Waals surface area (Å²) in [5.41, 5.74) is 7.24. The number of nitriles is 1. The minimum Gasteiger partial charge on any atom is -0.495 e. The summed E-state index contributed by atoms with van der Waals surface area (Å²) >= 11 is 0. The molecule has 2 N–H and O–H groups in total. The van der Waals surface area contributed by atoms with Crippen molar-refractivity contribution >= 4 is 0 Å². The fourth-order valence-corrected chi connectivity index (χ4v) is 1.87. The average molecular weight is 232 g/mol. The van der Waals surface area contributed by atoms with E-state index in [4.69, 9.17) is 20.5 Å². The highest BCUT2D eigenvalue weighted by molar-refractivity contribution is 5.45. The maximum Gasteiger partial charge on any atom is 0.136 e. The van der Waals surface area contributed by atoms with Crippen molar-refractivity contribution in [3.63, 3.8) is 0 Å². The molecule has 1 aromatic rings. The third-order valence-corrected chi connectivity index (χ3v) is 3.00. The Labute approximate surface area is 101 Å². The molecule has 0 saturated heterocycles. The van der Waals surface area contributed by atoms with E-state index in [0.717, 1.165) is 18.4 Å². The lowest BCUT2D eigenvalue weighted by atomic mass is 9.90. The van der Waals surface area contributed by atoms with Gasteiger partial charge in [-0.1, -0.05) is 6.07 Å². The molecule has 4 heteroatoms. The lowest BCUT2D eigenvalue weighted by Crippen LogP contribution is -2.41. The fourth-order valence-electron chi connectivity index (χ4n) is 1.87. The standard InChI is InChI=1S/C13H16N2O2/c1-16-13-4-9(2-3-10(13)7-14)8-17-12-5-11(15)6-12/h2-4,11-12H,5-6,8,15H2,1H3. The van der Waals surface area contributed by atoms with E-state index in [1.807, 2.05) is 12.1 Å². The number of hydrogen-bond donors (Lipinski definition) is 1. The van der Waals surface area contributed by atoms with E-state index in [0.29, 0.717) is 24.0 Å². The first-order valence-electron chi connectivity index (χ1n) is 5.67. The van der Waals surface area contributed by atoms with E-state index in [9.17, 15) is 0 Å². The molecule has 1 aliphatic rings. The summed E-state index contributed by atoms with van der Waals surface area (Å²) in [6.45, 7) is 0.541. The summed E-state index contributed by atoms with van der Waals surface area (Å²) in [6, 6.07) is 7.87. The Bertz CT molecular complexity index is 434. The summed E-state index contributed by atoms with van der Waals surface area (Å²) in [5.74, 6) is 0.596. The van der Waals surface area contributed by atoms with Crippen molar-refractivity contribution in [3.8, 4) is 11.8 Å². The Morgan fingerprint density at radius 1 is 1.47 bits per heavy atom. The average Bonchev–Trinajstić information content (AvgIpc) is 2.32. The van der Waals surface area contributed by atoms with Crippen LogP contribution in [0.1, 0.15) is 24.0 Å². The molecule has 0 amide bonds. The van der Waals surface area contributed by atoms with Gasteiger partial charge in [0.2, 0.25) is 0 Å². The molecule has 2 rings (SSSR count). The molecule has 0 heterocycles. The molecule has 17 heavy (non-hydrogen) atoms. The van der Waals surface area contributed by atoms with E-state index in [1.54, 1.807) is 13.2 Å². The van der Waals surface area contributed by atoms with Gasteiger partial charge in [-0.25, -0.2) is 0 Å². The molecule has 1 saturated carbocycles. The van der Waals surface area contributed by atoms with E-state index >= 15 is 0 Å². The van der Waals surface area contributed by atoms with Gasteiger partial charge in [-0.2, -0.15) is 5.26 Å². The maximum atomic E-state index is 8.86. The predicted molar refractivity (Wildman–Crippen MR) is 63.5 cm³/mol. The number of hydrogen-bond acceptors (Lipinski definition) is 4. The van der Waals surface area contributed by atoms with Gasteiger partial charge in [0.15, 0.2) is 0 Å². The molecule has 0 bridgehead atoms. The SMILES string of the molecule is COc1cc(COC2CC(N)C2)ccc1C#N. The van der Waals surface area contributed by atoms with Gasteiger partial charge in [0, 0.05) is 6.04 Å². The molecule has 0 aliphatic heterocycles. The van der Waals surface area contributed by atoms with Crippen LogP contribution in [0.2, 0.25) is 0 Å². The van der Waals surface area contributed by atoms with Crippen molar-refractivity contribution in [2.45, 2.75) is 31.6 Å². The third kappa shape index (κ3) is 2.76. The van der Waals surface area contributed by atoms with Crippen molar-refractivity contribution in [1.82, 2.24) is 0 Å². The molecule has 0 spiro atoms. The first kappa shape index (κ1) is 11.9. The second kappa shape index (κ2) is 5.17. The number of ether oxygens (including phenoxy) is 2. The molecule has 1 aromatic carbocycles. The zero-order valence-electron chi connectivity index (χ0n) is 9.85. The van der Waals surface area contributed by atoms with Crippen molar-refractivity contribution in [3.05, 3.63) is 29.3 Å². The summed E-state index contributed by atoms with van der Waals surface area (Å²) in [6.07, 6.45) is 2.16. The monoisotopic (exact) mass is 232 g/mol. The van der Waals surface area contributed by atoms with Crippen LogP contribution in [0.4, 0.5) is 0 Å². The van der Waals surface area contributed by atoms with Crippen molar-refractivity contribution in [2.75, 3.05) is 7.11 Å². The first-order valence-corrected chi connectivity index (χ1v) is 5.67. The normalized spacial score (nSPS) is 22.6. The molecular formula is C13H16N2O2. The van der Waals surface area contributed by atoms with E-state index in [-0.39, 0.29) is 6.10 Å². The molecule has 90 valence electrons. The van der Waals surface area contributed by atoms with Gasteiger partial charge in [-0.3, -0.25) is 0 Å². The van der Waals surface area contributed by atoms with Crippen LogP contribution in [0.5, 0.6) is 5.75 Å². The van der Waals surface area contributed by atoms with Crippen molar-refractivity contribution in [2.24, 2.45) is 5.73 Å². The Kier molecular flexibility index (Phi) is 3.62. The summed E-state index contributed by atoms with van der Waals surface area (Å²) in [7, 11) is 1.56. The molecule has 0 aromatic heterocycles. The number of rotatable bonds is 4. The number of nitrogens with two attached hydrogens (primary N) is 1. The van der Waals surface area contributed by atoms with E-state index < -0.39 is 0 Å². The molecule has 0 radical (unpaired) electrons. The highest BCUT2D eigenvalue weighted by Gasteiger charge is 2.26. The van der Waals surface area contributed by atoms with Gasteiger partial charge in [0.1, 0.15) is 11.8 Å². The van der Waals surface area contributed by atoms with Gasteiger partial charge >= 0.3 is 0 Å². The van der Waals surface area contributed by atoms with Crippen LogP contribution in [0, 0.1) is 11.3 Å². The summed E-state index contributed by atoms with van der Waals surface area (Å²) < 4.78 is 10.8. The second-order valence-corrected chi connectivity index (χ2v) is 4.31. The lowest BCUT2D eigenvalue weighted by molar-refractivity contribution is -0.0189. The zero-order chi connectivity index (χ0) is 12.3. The van der Waals surface area contributed by atoms with Crippen LogP contribution >= 0.6 is 0 Å². The van der Waals surface area contributed by atoms with Crippen molar-refractivity contribution < 1.29 is 9.47 Å². The Morgan fingerprint density at radius 3 is 2.82 bits per heavy atom. The molecule has 4 nitrogen and oxygen atoms in total. The third-order valence-electron chi connectivity index (χ3n) is 3.00. The maximum absolute atomic E-state index is 8.86. The highest BCUT2D eigenvalue weighted by atomic mass is 16.5. The Morgan fingerprint density at radius 2 is 2.24 bits per heavy atom. The zero-order valence-corrected chi connectivity index (χ0v) is 9.85.